The van der Waals surface area contributed by atoms with Crippen LogP contribution in [0.25, 0.3) is 0 Å². The molecule has 1 fully saturated rings. The molecule has 17 heavy (non-hydrogen) atoms. The molecule has 5 heteroatoms. The lowest BCUT2D eigenvalue weighted by atomic mass is 9.99. The maximum Gasteiger partial charge on any atom is 0.163 e. The third-order valence-electron chi connectivity index (χ3n) is 3.08. The maximum atomic E-state index is 13.6. The summed E-state index contributed by atoms with van der Waals surface area (Å²) in [5, 5.41) is 0. The molecule has 1 aromatic carbocycles. The Hall–Kier alpha value is -1.04. The number of halogens is 2. The van der Waals surface area contributed by atoms with Crippen LogP contribution in [-0.4, -0.2) is 12.7 Å². The van der Waals surface area contributed by atoms with Gasteiger partial charge in [-0.2, -0.15) is 0 Å². The van der Waals surface area contributed by atoms with E-state index in [-0.39, 0.29) is 11.7 Å². The lowest BCUT2D eigenvalue weighted by Gasteiger charge is -2.20. The highest BCUT2D eigenvalue weighted by Gasteiger charge is 2.24. The van der Waals surface area contributed by atoms with Crippen LogP contribution in [0.1, 0.15) is 30.9 Å². The number of hydrazine groups is 1. The Labute approximate surface area is 98.9 Å². The fourth-order valence-electron chi connectivity index (χ4n) is 2.17. The van der Waals surface area contributed by atoms with E-state index in [1.165, 1.54) is 12.1 Å². The van der Waals surface area contributed by atoms with Gasteiger partial charge in [-0.3, -0.25) is 11.3 Å². The van der Waals surface area contributed by atoms with E-state index < -0.39 is 17.7 Å². The minimum Gasteiger partial charge on any atom is -0.378 e. The maximum absolute atomic E-state index is 13.6. The van der Waals surface area contributed by atoms with Crippen molar-refractivity contribution < 1.29 is 13.5 Å². The number of benzene rings is 1. The Bertz CT molecular complexity index is 381. The van der Waals surface area contributed by atoms with Crippen molar-refractivity contribution in [1.29, 1.82) is 0 Å². The Kier molecular flexibility index (Phi) is 4.04. The molecule has 0 radical (unpaired) electrons. The number of hydrogen-bond donors (Lipinski definition) is 2. The summed E-state index contributed by atoms with van der Waals surface area (Å²) in [7, 11) is 0. The van der Waals surface area contributed by atoms with Crippen molar-refractivity contribution in [3.8, 4) is 0 Å². The zero-order chi connectivity index (χ0) is 12.3. The molecule has 1 aliphatic rings. The van der Waals surface area contributed by atoms with Crippen LogP contribution < -0.4 is 11.3 Å². The van der Waals surface area contributed by atoms with Gasteiger partial charge in [0.1, 0.15) is 0 Å². The fourth-order valence-corrected chi connectivity index (χ4v) is 2.17. The highest BCUT2D eigenvalue weighted by Crippen LogP contribution is 2.27. The molecule has 1 aromatic rings. The summed E-state index contributed by atoms with van der Waals surface area (Å²) in [6.45, 7) is 0.730. The SMILES string of the molecule is NNC(CC1CCCO1)c1cccc(F)c1F. The predicted octanol–water partition coefficient (Wildman–Crippen LogP) is 2.04. The van der Waals surface area contributed by atoms with Crippen LogP contribution >= 0.6 is 0 Å². The van der Waals surface area contributed by atoms with Gasteiger partial charge in [-0.15, -0.1) is 0 Å². The number of nitrogens with one attached hydrogen (secondary N) is 1. The van der Waals surface area contributed by atoms with Gasteiger partial charge in [-0.05, 0) is 25.3 Å². The van der Waals surface area contributed by atoms with Gasteiger partial charge in [0.2, 0.25) is 0 Å². The molecule has 1 saturated heterocycles. The van der Waals surface area contributed by atoms with E-state index in [1.807, 2.05) is 0 Å². The molecule has 2 atom stereocenters. The van der Waals surface area contributed by atoms with Gasteiger partial charge in [0.25, 0.3) is 0 Å². The van der Waals surface area contributed by atoms with Crippen LogP contribution in [-0.2, 0) is 4.74 Å². The second-order valence-electron chi connectivity index (χ2n) is 4.23. The van der Waals surface area contributed by atoms with Crippen molar-refractivity contribution in [2.45, 2.75) is 31.4 Å². The van der Waals surface area contributed by atoms with Gasteiger partial charge in [0.05, 0.1) is 12.1 Å². The van der Waals surface area contributed by atoms with Gasteiger partial charge in [-0.1, -0.05) is 12.1 Å². The smallest absolute Gasteiger partial charge is 0.163 e. The summed E-state index contributed by atoms with van der Waals surface area (Å²) in [5.74, 6) is 3.72. The molecule has 1 aliphatic heterocycles. The van der Waals surface area contributed by atoms with E-state index in [0.29, 0.717) is 6.42 Å². The van der Waals surface area contributed by atoms with Crippen LogP contribution in [0, 0.1) is 11.6 Å². The first-order chi connectivity index (χ1) is 8.22. The summed E-state index contributed by atoms with van der Waals surface area (Å²) < 4.78 is 32.2. The Morgan fingerprint density at radius 1 is 1.47 bits per heavy atom. The van der Waals surface area contributed by atoms with Crippen LogP contribution in [0.2, 0.25) is 0 Å². The van der Waals surface area contributed by atoms with Crippen molar-refractivity contribution >= 4 is 0 Å². The van der Waals surface area contributed by atoms with Gasteiger partial charge in [0.15, 0.2) is 11.6 Å². The highest BCUT2D eigenvalue weighted by molar-refractivity contribution is 5.22. The topological polar surface area (TPSA) is 47.3 Å². The Morgan fingerprint density at radius 2 is 2.29 bits per heavy atom. The van der Waals surface area contributed by atoms with Crippen molar-refractivity contribution in [1.82, 2.24) is 5.43 Å². The van der Waals surface area contributed by atoms with E-state index in [1.54, 1.807) is 0 Å². The molecule has 0 aliphatic carbocycles. The average Bonchev–Trinajstić information content (AvgIpc) is 2.83. The Balaban J connectivity index is 2.13. The van der Waals surface area contributed by atoms with Crippen LogP contribution in [0.4, 0.5) is 8.78 Å². The average molecular weight is 242 g/mol. The number of rotatable bonds is 4. The van der Waals surface area contributed by atoms with Gasteiger partial charge in [0, 0.05) is 12.2 Å². The number of hydrogen-bond acceptors (Lipinski definition) is 3. The lowest BCUT2D eigenvalue weighted by Crippen LogP contribution is -2.31. The quantitative estimate of drug-likeness (QED) is 0.627. The molecule has 0 aromatic heterocycles. The predicted molar refractivity (Wildman–Crippen MR) is 60.0 cm³/mol. The summed E-state index contributed by atoms with van der Waals surface area (Å²) in [4.78, 5) is 0. The fraction of sp³-hybridized carbons (Fsp3) is 0.500. The summed E-state index contributed by atoms with van der Waals surface area (Å²) >= 11 is 0. The molecule has 0 amide bonds. The first-order valence-corrected chi connectivity index (χ1v) is 5.74. The monoisotopic (exact) mass is 242 g/mol. The first kappa shape index (κ1) is 12.4. The third-order valence-corrected chi connectivity index (χ3v) is 3.08. The molecule has 2 rings (SSSR count). The van der Waals surface area contributed by atoms with Crippen molar-refractivity contribution in [2.24, 2.45) is 5.84 Å². The zero-order valence-electron chi connectivity index (χ0n) is 9.46. The number of ether oxygens (including phenoxy) is 1. The summed E-state index contributed by atoms with van der Waals surface area (Å²) in [5.41, 5.74) is 2.78. The van der Waals surface area contributed by atoms with E-state index in [4.69, 9.17) is 10.6 Å². The van der Waals surface area contributed by atoms with Crippen molar-refractivity contribution in [3.63, 3.8) is 0 Å². The van der Waals surface area contributed by atoms with Crippen LogP contribution in [0.15, 0.2) is 18.2 Å². The van der Waals surface area contributed by atoms with Gasteiger partial charge < -0.3 is 4.74 Å². The minimum absolute atomic E-state index is 0.0683. The molecule has 0 spiro atoms. The Morgan fingerprint density at radius 3 is 2.94 bits per heavy atom. The molecular weight excluding hydrogens is 226 g/mol. The van der Waals surface area contributed by atoms with Crippen LogP contribution in [0.5, 0.6) is 0 Å². The van der Waals surface area contributed by atoms with E-state index in [0.717, 1.165) is 25.5 Å². The zero-order valence-corrected chi connectivity index (χ0v) is 9.46. The van der Waals surface area contributed by atoms with E-state index >= 15 is 0 Å². The molecule has 3 nitrogen and oxygen atoms in total. The third kappa shape index (κ3) is 2.80. The molecule has 0 bridgehead atoms. The standard InChI is InChI=1S/C12H16F2N2O/c13-10-5-1-4-9(12(10)14)11(16-15)7-8-3-2-6-17-8/h1,4-5,8,11,16H,2-3,6-7,15H2. The van der Waals surface area contributed by atoms with E-state index in [9.17, 15) is 8.78 Å². The summed E-state index contributed by atoms with van der Waals surface area (Å²) in [6.07, 6.45) is 2.57. The van der Waals surface area contributed by atoms with Gasteiger partial charge in [-0.25, -0.2) is 8.78 Å². The molecule has 1 heterocycles. The van der Waals surface area contributed by atoms with Gasteiger partial charge >= 0.3 is 0 Å². The van der Waals surface area contributed by atoms with E-state index in [2.05, 4.69) is 5.43 Å². The normalized spacial score (nSPS) is 21.7. The van der Waals surface area contributed by atoms with Crippen LogP contribution in [0.3, 0.4) is 0 Å². The second kappa shape index (κ2) is 5.53. The molecule has 2 unspecified atom stereocenters. The van der Waals surface area contributed by atoms with Crippen molar-refractivity contribution in [2.75, 3.05) is 6.61 Å². The summed E-state index contributed by atoms with van der Waals surface area (Å²) in [6, 6.07) is 3.69. The highest BCUT2D eigenvalue weighted by atomic mass is 19.2. The minimum atomic E-state index is -0.852. The molecule has 0 saturated carbocycles. The largest absolute Gasteiger partial charge is 0.378 e. The lowest BCUT2D eigenvalue weighted by molar-refractivity contribution is 0.0941. The van der Waals surface area contributed by atoms with Crippen molar-refractivity contribution in [3.05, 3.63) is 35.4 Å². The molecule has 94 valence electrons. The number of nitrogens with two attached hydrogens (primary N) is 1. The molecular formula is C12H16F2N2O. The second-order valence-corrected chi connectivity index (χ2v) is 4.23. The first-order valence-electron chi connectivity index (χ1n) is 5.74. The molecule has 3 N–H and O–H groups in total.